The van der Waals surface area contributed by atoms with Crippen molar-refractivity contribution in [2.75, 3.05) is 44.2 Å². The lowest BCUT2D eigenvalue weighted by molar-refractivity contribution is -0.138. The van der Waals surface area contributed by atoms with Gasteiger partial charge in [0.2, 0.25) is 11.9 Å². The second-order valence-corrected chi connectivity index (χ2v) is 8.56. The molecule has 0 spiro atoms. The molecule has 0 radical (unpaired) electrons. The Labute approximate surface area is 202 Å². The summed E-state index contributed by atoms with van der Waals surface area (Å²) < 4.78 is 68.7. The number of nitrogens with zero attached hydrogens (tertiary/aromatic N) is 5. The second-order valence-electron chi connectivity index (χ2n) is 8.56. The Hall–Kier alpha value is -2.73. The fraction of sp³-hybridized carbons (Fsp3) is 0.727. The molecule has 8 nitrogen and oxygen atoms in total. The lowest BCUT2D eigenvalue weighted by Crippen LogP contribution is -2.49. The zero-order valence-electron chi connectivity index (χ0n) is 20.7. The molecular weight excluding hydrogens is 477 g/mol. The van der Waals surface area contributed by atoms with Gasteiger partial charge in [-0.2, -0.15) is 13.2 Å². The molecule has 0 aromatic carbocycles. The van der Waals surface area contributed by atoms with Crippen LogP contribution in [-0.4, -0.2) is 83.1 Å². The summed E-state index contributed by atoms with van der Waals surface area (Å²) in [5.41, 5.74) is -1.77. The predicted molar refractivity (Wildman–Crippen MR) is 120 cm³/mol. The molecule has 0 unspecified atom stereocenters. The summed E-state index contributed by atoms with van der Waals surface area (Å²) in [4.78, 5) is 36.2. The van der Waals surface area contributed by atoms with Gasteiger partial charge in [0.25, 0.3) is 6.43 Å². The van der Waals surface area contributed by atoms with Gasteiger partial charge in [-0.15, -0.1) is 0 Å². The number of aromatic nitrogens is 2. The van der Waals surface area contributed by atoms with Gasteiger partial charge in [-0.25, -0.2) is 23.5 Å². The Morgan fingerprint density at radius 1 is 1.06 bits per heavy atom. The van der Waals surface area contributed by atoms with Crippen molar-refractivity contribution in [1.82, 2.24) is 19.8 Å². The maximum Gasteiger partial charge on any atom is 0.419 e. The SMILES string of the molecule is CC.CC(C)(C)OC(=O)N(CCCC(=O)N1CCN(c2ncc(C(F)(F)F)cn2)CC1)CC(F)F. The van der Waals surface area contributed by atoms with Crippen LogP contribution in [0.15, 0.2) is 12.4 Å². The number of amides is 2. The van der Waals surface area contributed by atoms with E-state index in [1.54, 1.807) is 30.6 Å². The van der Waals surface area contributed by atoms with Gasteiger partial charge in [0, 0.05) is 51.5 Å². The molecule has 1 aromatic heterocycles. The number of carbonyl (C=O) groups excluding carboxylic acids is 2. The molecule has 0 saturated carbocycles. The average Bonchev–Trinajstić information content (AvgIpc) is 2.78. The maximum absolute atomic E-state index is 12.8. The maximum atomic E-state index is 12.8. The van der Waals surface area contributed by atoms with Crippen LogP contribution in [-0.2, 0) is 15.7 Å². The van der Waals surface area contributed by atoms with Crippen LogP contribution in [0.5, 0.6) is 0 Å². The fourth-order valence-corrected chi connectivity index (χ4v) is 3.12. The molecule has 0 aliphatic carbocycles. The minimum Gasteiger partial charge on any atom is -0.444 e. The van der Waals surface area contributed by atoms with Crippen LogP contribution in [0.4, 0.5) is 32.7 Å². The molecule has 1 fully saturated rings. The van der Waals surface area contributed by atoms with Crippen molar-refractivity contribution in [2.45, 2.75) is 65.7 Å². The Kier molecular flexibility index (Phi) is 11.6. The highest BCUT2D eigenvalue weighted by Crippen LogP contribution is 2.28. The van der Waals surface area contributed by atoms with Crippen molar-refractivity contribution < 1.29 is 36.3 Å². The summed E-state index contributed by atoms with van der Waals surface area (Å²) in [6.45, 7) is 9.36. The minimum atomic E-state index is -4.52. The highest BCUT2D eigenvalue weighted by molar-refractivity contribution is 5.76. The number of piperazine rings is 1. The number of rotatable bonds is 7. The fourth-order valence-electron chi connectivity index (χ4n) is 3.12. The molecule has 0 atom stereocenters. The number of hydrogen-bond acceptors (Lipinski definition) is 6. The largest absolute Gasteiger partial charge is 0.444 e. The Balaban J connectivity index is 0.00000298. The Bertz CT molecular complexity index is 792. The van der Waals surface area contributed by atoms with Crippen LogP contribution >= 0.6 is 0 Å². The van der Waals surface area contributed by atoms with Crippen molar-refractivity contribution in [3.8, 4) is 0 Å². The van der Waals surface area contributed by atoms with E-state index in [1.165, 1.54) is 0 Å². The lowest BCUT2D eigenvalue weighted by Gasteiger charge is -2.35. The van der Waals surface area contributed by atoms with Crippen LogP contribution in [0.2, 0.25) is 0 Å². The molecular formula is C22H34F5N5O3. The number of hydrogen-bond donors (Lipinski definition) is 0. The molecule has 2 rings (SSSR count). The molecule has 2 amide bonds. The molecule has 1 aromatic rings. The summed E-state index contributed by atoms with van der Waals surface area (Å²) in [7, 11) is 0. The molecule has 13 heteroatoms. The zero-order chi connectivity index (χ0) is 26.8. The topological polar surface area (TPSA) is 78.9 Å². The van der Waals surface area contributed by atoms with E-state index in [-0.39, 0.29) is 31.2 Å². The van der Waals surface area contributed by atoms with Gasteiger partial charge in [0.15, 0.2) is 0 Å². The average molecular weight is 512 g/mol. The highest BCUT2D eigenvalue weighted by Gasteiger charge is 2.32. The minimum absolute atomic E-state index is 0.0512. The van der Waals surface area contributed by atoms with Crippen molar-refractivity contribution in [3.05, 3.63) is 18.0 Å². The van der Waals surface area contributed by atoms with Gasteiger partial charge in [-0.3, -0.25) is 4.79 Å². The van der Waals surface area contributed by atoms with E-state index in [2.05, 4.69) is 9.97 Å². The van der Waals surface area contributed by atoms with E-state index in [4.69, 9.17) is 4.74 Å². The number of ether oxygens (including phenoxy) is 1. The van der Waals surface area contributed by atoms with Crippen LogP contribution < -0.4 is 4.90 Å². The first-order chi connectivity index (χ1) is 16.3. The van der Waals surface area contributed by atoms with Crippen molar-refractivity contribution >= 4 is 17.9 Å². The van der Waals surface area contributed by atoms with Gasteiger partial charge >= 0.3 is 12.3 Å². The molecule has 35 heavy (non-hydrogen) atoms. The van der Waals surface area contributed by atoms with Gasteiger partial charge in [0.1, 0.15) is 5.60 Å². The summed E-state index contributed by atoms with van der Waals surface area (Å²) in [6, 6.07) is 0. The standard InChI is InChI=1S/C20H28F5N5O3.C2H6/c1-19(2,3)33-18(32)30(13-15(21)22)6-4-5-16(31)28-7-9-29(10-8-28)17-26-11-14(12-27-17)20(23,24)25;1-2/h11-12,15H,4-10,13H2,1-3H3;1-2H3. The summed E-state index contributed by atoms with van der Waals surface area (Å²) in [5.74, 6) is -0.0562. The van der Waals surface area contributed by atoms with E-state index in [1.807, 2.05) is 13.8 Å². The monoisotopic (exact) mass is 511 g/mol. The first-order valence-corrected chi connectivity index (χ1v) is 11.4. The molecule has 1 aliphatic rings. The third-order valence-corrected chi connectivity index (χ3v) is 4.71. The second kappa shape index (κ2) is 13.4. The molecule has 2 heterocycles. The molecule has 200 valence electrons. The number of alkyl halides is 5. The molecule has 0 N–H and O–H groups in total. The molecule has 0 bridgehead atoms. The van der Waals surface area contributed by atoms with Gasteiger partial charge in [0.05, 0.1) is 12.1 Å². The summed E-state index contributed by atoms with van der Waals surface area (Å²) in [6.07, 6.45) is -6.43. The van der Waals surface area contributed by atoms with E-state index in [9.17, 15) is 31.5 Å². The van der Waals surface area contributed by atoms with Gasteiger partial charge in [-0.1, -0.05) is 13.8 Å². The molecule has 1 aliphatic heterocycles. The van der Waals surface area contributed by atoms with Crippen LogP contribution in [0.3, 0.4) is 0 Å². The highest BCUT2D eigenvalue weighted by atomic mass is 19.4. The van der Waals surface area contributed by atoms with Crippen molar-refractivity contribution in [1.29, 1.82) is 0 Å². The van der Waals surface area contributed by atoms with Gasteiger partial charge < -0.3 is 19.4 Å². The summed E-state index contributed by atoms with van der Waals surface area (Å²) >= 11 is 0. The van der Waals surface area contributed by atoms with Crippen molar-refractivity contribution in [3.63, 3.8) is 0 Å². The van der Waals surface area contributed by atoms with E-state index < -0.39 is 36.4 Å². The normalized spacial score (nSPS) is 14.4. The third kappa shape index (κ3) is 10.6. The Morgan fingerprint density at radius 3 is 2.06 bits per heavy atom. The zero-order valence-corrected chi connectivity index (χ0v) is 20.7. The number of carbonyl (C=O) groups is 2. The van der Waals surface area contributed by atoms with Crippen LogP contribution in [0, 0.1) is 0 Å². The first kappa shape index (κ1) is 30.3. The predicted octanol–water partition coefficient (Wildman–Crippen LogP) is 4.45. The van der Waals surface area contributed by atoms with E-state index >= 15 is 0 Å². The third-order valence-electron chi connectivity index (χ3n) is 4.71. The summed E-state index contributed by atoms with van der Waals surface area (Å²) in [5, 5.41) is 0. The Morgan fingerprint density at radius 2 is 1.60 bits per heavy atom. The van der Waals surface area contributed by atoms with Gasteiger partial charge in [-0.05, 0) is 27.2 Å². The number of anilines is 1. The first-order valence-electron chi connectivity index (χ1n) is 11.4. The lowest BCUT2D eigenvalue weighted by atomic mass is 10.2. The van der Waals surface area contributed by atoms with Crippen LogP contribution in [0.1, 0.15) is 53.0 Å². The molecule has 1 saturated heterocycles. The van der Waals surface area contributed by atoms with Crippen LogP contribution in [0.25, 0.3) is 0 Å². The number of halogens is 5. The smallest absolute Gasteiger partial charge is 0.419 e. The van der Waals surface area contributed by atoms with Crippen molar-refractivity contribution in [2.24, 2.45) is 0 Å². The quantitative estimate of drug-likeness (QED) is 0.504. The van der Waals surface area contributed by atoms with E-state index in [0.717, 1.165) is 17.3 Å². The van der Waals surface area contributed by atoms with E-state index in [0.29, 0.717) is 26.2 Å².